The van der Waals surface area contributed by atoms with Crippen molar-refractivity contribution in [3.05, 3.63) is 0 Å². The van der Waals surface area contributed by atoms with Crippen LogP contribution in [-0.2, 0) is 4.43 Å². The Balaban J connectivity index is 4.23. The summed E-state index contributed by atoms with van der Waals surface area (Å²) in [7, 11) is 0.906. The molecule has 24 heavy (non-hydrogen) atoms. The number of rotatable bonds is 19. The third-order valence-electron chi connectivity index (χ3n) is 5.64. The molecule has 0 spiro atoms. The van der Waals surface area contributed by atoms with Gasteiger partial charge in [-0.15, -0.1) is 0 Å². The van der Waals surface area contributed by atoms with Crippen molar-refractivity contribution < 1.29 is 4.43 Å². The van der Waals surface area contributed by atoms with Crippen molar-refractivity contribution in [2.75, 3.05) is 0 Å². The maximum Gasteiger partial charge on any atom is 0.146 e. The molecule has 0 aromatic heterocycles. The van der Waals surface area contributed by atoms with Crippen LogP contribution < -0.4 is 0 Å². The van der Waals surface area contributed by atoms with Crippen LogP contribution in [0.25, 0.3) is 0 Å². The Hall–Kier alpha value is 0.177. The topological polar surface area (TPSA) is 9.23 Å². The van der Waals surface area contributed by atoms with E-state index in [4.69, 9.17) is 4.43 Å². The standard InChI is InChI=1S/C22H48OSi/c1-4-7-10-13-16-19-22(23-24,20-17-14-11-8-5-2)21-18-15-12-9-6-3/h4-21H2,1-3,24H3. The molecule has 0 aliphatic heterocycles. The minimum absolute atomic E-state index is 0.247. The molecule has 0 heterocycles. The zero-order valence-corrected chi connectivity index (χ0v) is 19.6. The third kappa shape index (κ3) is 13.5. The first kappa shape index (κ1) is 24.2. The first-order chi connectivity index (χ1) is 11.7. The minimum Gasteiger partial charge on any atom is -0.422 e. The van der Waals surface area contributed by atoms with Gasteiger partial charge in [0.05, 0.1) is 5.60 Å². The van der Waals surface area contributed by atoms with Crippen molar-refractivity contribution in [2.24, 2.45) is 0 Å². The van der Waals surface area contributed by atoms with Crippen molar-refractivity contribution in [2.45, 2.75) is 142 Å². The molecule has 0 aliphatic carbocycles. The molecule has 0 saturated heterocycles. The number of unbranched alkanes of at least 4 members (excludes halogenated alkanes) is 12. The van der Waals surface area contributed by atoms with E-state index in [9.17, 15) is 0 Å². The third-order valence-corrected chi connectivity index (χ3v) is 6.51. The van der Waals surface area contributed by atoms with Gasteiger partial charge >= 0.3 is 0 Å². The highest BCUT2D eigenvalue weighted by molar-refractivity contribution is 5.98. The van der Waals surface area contributed by atoms with Crippen molar-refractivity contribution in [1.82, 2.24) is 0 Å². The molecule has 1 nitrogen and oxygen atoms in total. The van der Waals surface area contributed by atoms with Crippen molar-refractivity contribution in [1.29, 1.82) is 0 Å². The van der Waals surface area contributed by atoms with Crippen LogP contribution in [0.2, 0.25) is 0 Å². The molecule has 0 saturated carbocycles. The van der Waals surface area contributed by atoms with Crippen LogP contribution in [0.1, 0.15) is 136 Å². The summed E-state index contributed by atoms with van der Waals surface area (Å²) in [5.41, 5.74) is 0.247. The molecule has 0 fully saturated rings. The van der Waals surface area contributed by atoms with E-state index in [0.717, 1.165) is 10.5 Å². The lowest BCUT2D eigenvalue weighted by atomic mass is 9.85. The number of hydrogen-bond acceptors (Lipinski definition) is 1. The Morgan fingerprint density at radius 1 is 0.500 bits per heavy atom. The van der Waals surface area contributed by atoms with Gasteiger partial charge in [0, 0.05) is 0 Å². The van der Waals surface area contributed by atoms with Crippen LogP contribution in [-0.4, -0.2) is 16.1 Å². The Kier molecular flexibility index (Phi) is 18.1. The van der Waals surface area contributed by atoms with Crippen molar-refractivity contribution >= 4 is 10.5 Å². The molecule has 0 N–H and O–H groups in total. The first-order valence-electron chi connectivity index (χ1n) is 11.3. The Morgan fingerprint density at radius 3 is 1.04 bits per heavy atom. The van der Waals surface area contributed by atoms with E-state index in [1.807, 2.05) is 0 Å². The van der Waals surface area contributed by atoms with Gasteiger partial charge in [-0.1, -0.05) is 117 Å². The first-order valence-corrected chi connectivity index (χ1v) is 12.1. The molecule has 0 rings (SSSR count). The molecule has 2 heteroatoms. The zero-order valence-electron chi connectivity index (χ0n) is 17.6. The lowest BCUT2D eigenvalue weighted by Crippen LogP contribution is -2.32. The molecule has 0 amide bonds. The van der Waals surface area contributed by atoms with Crippen LogP contribution in [0.5, 0.6) is 0 Å². The molecule has 0 aromatic carbocycles. The molecule has 0 radical (unpaired) electrons. The highest BCUT2D eigenvalue weighted by Gasteiger charge is 2.27. The quantitative estimate of drug-likeness (QED) is 0.177. The largest absolute Gasteiger partial charge is 0.422 e. The maximum absolute atomic E-state index is 6.30. The molecule has 0 unspecified atom stereocenters. The highest BCUT2D eigenvalue weighted by atomic mass is 28.2. The van der Waals surface area contributed by atoms with Crippen LogP contribution in [0.15, 0.2) is 0 Å². The van der Waals surface area contributed by atoms with Gasteiger partial charge < -0.3 is 4.43 Å². The van der Waals surface area contributed by atoms with Gasteiger partial charge in [-0.3, -0.25) is 0 Å². The van der Waals surface area contributed by atoms with Gasteiger partial charge in [0.1, 0.15) is 10.5 Å². The van der Waals surface area contributed by atoms with Crippen LogP contribution >= 0.6 is 0 Å². The fourth-order valence-electron chi connectivity index (χ4n) is 3.83. The molecular formula is C22H48OSi. The van der Waals surface area contributed by atoms with Crippen molar-refractivity contribution in [3.8, 4) is 0 Å². The Bertz CT molecular complexity index is 206. The summed E-state index contributed by atoms with van der Waals surface area (Å²) in [6.07, 6.45) is 24.8. The predicted octanol–water partition coefficient (Wildman–Crippen LogP) is 7.10. The second-order valence-electron chi connectivity index (χ2n) is 7.88. The van der Waals surface area contributed by atoms with Crippen LogP contribution in [0.3, 0.4) is 0 Å². The lowest BCUT2D eigenvalue weighted by Gasteiger charge is -2.34. The summed E-state index contributed by atoms with van der Waals surface area (Å²) in [6.45, 7) is 6.91. The summed E-state index contributed by atoms with van der Waals surface area (Å²) in [5, 5.41) is 0. The fraction of sp³-hybridized carbons (Fsp3) is 1.00. The average Bonchev–Trinajstić information content (AvgIpc) is 2.60. The molecular weight excluding hydrogens is 308 g/mol. The zero-order chi connectivity index (χ0) is 17.9. The van der Waals surface area contributed by atoms with E-state index in [1.165, 1.54) is 116 Å². The van der Waals surface area contributed by atoms with Gasteiger partial charge in [-0.05, 0) is 19.3 Å². The molecule has 0 atom stereocenters. The van der Waals surface area contributed by atoms with Gasteiger partial charge in [0.15, 0.2) is 0 Å². The smallest absolute Gasteiger partial charge is 0.146 e. The van der Waals surface area contributed by atoms with E-state index in [2.05, 4.69) is 20.8 Å². The number of hydrogen-bond donors (Lipinski definition) is 0. The second kappa shape index (κ2) is 18.0. The highest BCUT2D eigenvalue weighted by Crippen LogP contribution is 2.32. The van der Waals surface area contributed by atoms with E-state index in [0.29, 0.717) is 0 Å². The van der Waals surface area contributed by atoms with Crippen LogP contribution in [0.4, 0.5) is 0 Å². The normalized spacial score (nSPS) is 12.1. The van der Waals surface area contributed by atoms with Crippen LogP contribution in [0, 0.1) is 0 Å². The second-order valence-corrected chi connectivity index (χ2v) is 8.29. The van der Waals surface area contributed by atoms with E-state index < -0.39 is 0 Å². The van der Waals surface area contributed by atoms with Gasteiger partial charge in [0.2, 0.25) is 0 Å². The molecule has 146 valence electrons. The molecule has 0 aliphatic rings. The summed E-state index contributed by atoms with van der Waals surface area (Å²) >= 11 is 0. The minimum atomic E-state index is 0.247. The predicted molar refractivity (Wildman–Crippen MR) is 114 cm³/mol. The Labute approximate surface area is 157 Å². The summed E-state index contributed by atoms with van der Waals surface area (Å²) in [4.78, 5) is 0. The van der Waals surface area contributed by atoms with Crippen molar-refractivity contribution in [3.63, 3.8) is 0 Å². The maximum atomic E-state index is 6.30. The monoisotopic (exact) mass is 356 g/mol. The van der Waals surface area contributed by atoms with E-state index in [-0.39, 0.29) is 5.60 Å². The van der Waals surface area contributed by atoms with Gasteiger partial charge in [0.25, 0.3) is 0 Å². The average molecular weight is 357 g/mol. The SMILES string of the molecule is CCCCCCCC(CCCCCCC)(CCCCCCC)O[SiH3]. The van der Waals surface area contributed by atoms with E-state index >= 15 is 0 Å². The summed E-state index contributed by atoms with van der Waals surface area (Å²) in [6, 6.07) is 0. The lowest BCUT2D eigenvalue weighted by molar-refractivity contribution is 0.0423. The molecule has 0 bridgehead atoms. The summed E-state index contributed by atoms with van der Waals surface area (Å²) in [5.74, 6) is 0. The van der Waals surface area contributed by atoms with Gasteiger partial charge in [-0.2, -0.15) is 0 Å². The molecule has 0 aromatic rings. The fourth-order valence-corrected chi connectivity index (χ4v) is 4.45. The summed E-state index contributed by atoms with van der Waals surface area (Å²) < 4.78 is 6.30. The van der Waals surface area contributed by atoms with E-state index in [1.54, 1.807) is 0 Å². The van der Waals surface area contributed by atoms with Gasteiger partial charge in [-0.25, -0.2) is 0 Å². The Morgan fingerprint density at radius 2 is 0.792 bits per heavy atom.